The van der Waals surface area contributed by atoms with Gasteiger partial charge in [0.05, 0.1) is 11.5 Å². The molecule has 142 valence electrons. The zero-order valence-electron chi connectivity index (χ0n) is 15.5. The number of rotatable bonds is 6. The first-order valence-corrected chi connectivity index (χ1v) is 9.07. The third-order valence-electron chi connectivity index (χ3n) is 3.59. The number of nitro groups is 1. The molecule has 0 radical (unpaired) electrons. The molecule has 0 fully saturated rings. The molecule has 0 saturated carbocycles. The van der Waals surface area contributed by atoms with Gasteiger partial charge in [0.15, 0.2) is 0 Å². The van der Waals surface area contributed by atoms with Crippen molar-refractivity contribution in [3.05, 3.63) is 56.5 Å². The smallest absolute Gasteiger partial charge is 0.341 e. The summed E-state index contributed by atoms with van der Waals surface area (Å²) in [4.78, 5) is 35.9. The third kappa shape index (κ3) is 4.79. The number of carbonyl (C=O) groups is 2. The Labute approximate surface area is 160 Å². The largest absolute Gasteiger partial charge is 0.462 e. The summed E-state index contributed by atoms with van der Waals surface area (Å²) in [5.74, 6) is -0.889. The summed E-state index contributed by atoms with van der Waals surface area (Å²) in [6.45, 7) is 7.31. The second-order valence-electron chi connectivity index (χ2n) is 5.97. The highest BCUT2D eigenvalue weighted by molar-refractivity contribution is 7.17. The normalized spacial score (nSPS) is 10.2. The molecule has 0 atom stereocenters. The van der Waals surface area contributed by atoms with Gasteiger partial charge in [-0.2, -0.15) is 0 Å². The number of aryl methyl sites for hydroxylation is 1. The Kier molecular flexibility index (Phi) is 6.46. The first-order valence-electron chi connectivity index (χ1n) is 8.25. The molecule has 0 aliphatic heterocycles. The fourth-order valence-corrected chi connectivity index (χ4v) is 3.61. The molecule has 1 aromatic carbocycles. The molecule has 2 rings (SSSR count). The van der Waals surface area contributed by atoms with Crippen molar-refractivity contribution in [3.8, 4) is 11.1 Å². The zero-order chi connectivity index (χ0) is 20.1. The summed E-state index contributed by atoms with van der Waals surface area (Å²) in [5.41, 5.74) is 2.28. The number of non-ortho nitro benzene ring substituents is 1. The molecule has 1 amide bonds. The average Bonchev–Trinajstić information content (AvgIpc) is 2.90. The van der Waals surface area contributed by atoms with E-state index in [1.165, 1.54) is 29.5 Å². The zero-order valence-corrected chi connectivity index (χ0v) is 16.3. The predicted molar refractivity (Wildman–Crippen MR) is 105 cm³/mol. The lowest BCUT2D eigenvalue weighted by molar-refractivity contribution is -0.384. The van der Waals surface area contributed by atoms with Crippen molar-refractivity contribution in [3.63, 3.8) is 0 Å². The highest BCUT2D eigenvalue weighted by Gasteiger charge is 2.25. The maximum atomic E-state index is 12.6. The average molecular weight is 388 g/mol. The minimum absolute atomic E-state index is 0.0404. The fraction of sp³-hybridized carbons (Fsp3) is 0.263. The second-order valence-corrected chi connectivity index (χ2v) is 7.20. The molecule has 1 heterocycles. The van der Waals surface area contributed by atoms with Gasteiger partial charge < -0.3 is 10.1 Å². The van der Waals surface area contributed by atoms with E-state index < -0.39 is 10.9 Å². The van der Waals surface area contributed by atoms with Gasteiger partial charge >= 0.3 is 5.97 Å². The molecular weight excluding hydrogens is 368 g/mol. The lowest BCUT2D eigenvalue weighted by atomic mass is 10.0. The molecule has 0 unspecified atom stereocenters. The molecule has 0 aliphatic rings. The van der Waals surface area contributed by atoms with Crippen molar-refractivity contribution in [1.29, 1.82) is 0 Å². The molecule has 0 saturated heterocycles. The maximum Gasteiger partial charge on any atom is 0.341 e. The SMILES string of the molecule is CCOC(=O)c1c(NC(=O)C=C(C)C)sc(C)c1-c1ccc([N+](=O)[O-])cc1. The van der Waals surface area contributed by atoms with Crippen LogP contribution < -0.4 is 5.32 Å². The van der Waals surface area contributed by atoms with E-state index in [-0.39, 0.29) is 23.8 Å². The van der Waals surface area contributed by atoms with E-state index in [9.17, 15) is 19.7 Å². The van der Waals surface area contributed by atoms with Crippen molar-refractivity contribution in [2.24, 2.45) is 0 Å². The van der Waals surface area contributed by atoms with Crippen molar-refractivity contribution in [2.45, 2.75) is 27.7 Å². The van der Waals surface area contributed by atoms with Gasteiger partial charge in [-0.05, 0) is 45.4 Å². The number of nitrogens with zero attached hydrogens (tertiary/aromatic N) is 1. The van der Waals surface area contributed by atoms with Gasteiger partial charge in [0.25, 0.3) is 5.69 Å². The van der Waals surface area contributed by atoms with Crippen LogP contribution >= 0.6 is 11.3 Å². The summed E-state index contributed by atoms with van der Waals surface area (Å²) < 4.78 is 5.16. The van der Waals surface area contributed by atoms with Crippen LogP contribution in [0.2, 0.25) is 0 Å². The van der Waals surface area contributed by atoms with Gasteiger partial charge in [-0.25, -0.2) is 4.79 Å². The Morgan fingerprint density at radius 1 is 1.26 bits per heavy atom. The van der Waals surface area contributed by atoms with Crippen LogP contribution in [0.25, 0.3) is 11.1 Å². The molecule has 0 bridgehead atoms. The van der Waals surface area contributed by atoms with E-state index in [1.54, 1.807) is 32.9 Å². The van der Waals surface area contributed by atoms with Crippen molar-refractivity contribution < 1.29 is 19.2 Å². The Morgan fingerprint density at radius 3 is 2.41 bits per heavy atom. The lowest BCUT2D eigenvalue weighted by Gasteiger charge is -2.08. The minimum Gasteiger partial charge on any atom is -0.462 e. The highest BCUT2D eigenvalue weighted by atomic mass is 32.1. The number of nitrogens with one attached hydrogen (secondary N) is 1. The maximum absolute atomic E-state index is 12.6. The molecule has 8 heteroatoms. The molecule has 1 N–H and O–H groups in total. The Bertz CT molecular complexity index is 909. The number of anilines is 1. The number of esters is 1. The second kappa shape index (κ2) is 8.59. The summed E-state index contributed by atoms with van der Waals surface area (Å²) >= 11 is 1.26. The van der Waals surface area contributed by atoms with Crippen LogP contribution in [-0.2, 0) is 9.53 Å². The molecule has 7 nitrogen and oxygen atoms in total. The highest BCUT2D eigenvalue weighted by Crippen LogP contribution is 2.40. The van der Waals surface area contributed by atoms with Crippen molar-refractivity contribution in [1.82, 2.24) is 0 Å². The van der Waals surface area contributed by atoms with E-state index in [4.69, 9.17) is 4.74 Å². The summed E-state index contributed by atoms with van der Waals surface area (Å²) in [5, 5.41) is 14.0. The standard InChI is InChI=1S/C19H20N2O5S/c1-5-26-19(23)17-16(13-6-8-14(9-7-13)21(24)25)12(4)27-18(17)20-15(22)10-11(2)3/h6-10H,5H2,1-4H3,(H,20,22). The van der Waals surface area contributed by atoms with Gasteiger partial charge in [-0.1, -0.05) is 5.57 Å². The first kappa shape index (κ1) is 20.3. The van der Waals surface area contributed by atoms with E-state index >= 15 is 0 Å². The Balaban J connectivity index is 2.56. The van der Waals surface area contributed by atoms with Gasteiger partial charge in [0.1, 0.15) is 10.6 Å². The molecule has 0 aliphatic carbocycles. The van der Waals surface area contributed by atoms with Crippen molar-refractivity contribution in [2.75, 3.05) is 11.9 Å². The predicted octanol–water partition coefficient (Wildman–Crippen LogP) is 4.71. The number of thiophene rings is 1. The number of benzene rings is 1. The lowest BCUT2D eigenvalue weighted by Crippen LogP contribution is -2.13. The summed E-state index contributed by atoms with van der Waals surface area (Å²) in [7, 11) is 0. The van der Waals surface area contributed by atoms with Gasteiger partial charge in [0.2, 0.25) is 5.91 Å². The molecule has 0 spiro atoms. The van der Waals surface area contributed by atoms with E-state index in [1.807, 2.05) is 6.92 Å². The topological polar surface area (TPSA) is 98.5 Å². The van der Waals surface area contributed by atoms with Gasteiger partial charge in [-0.3, -0.25) is 14.9 Å². The summed E-state index contributed by atoms with van der Waals surface area (Å²) in [6, 6.07) is 5.92. The number of hydrogen-bond acceptors (Lipinski definition) is 6. The number of amides is 1. The molecule has 27 heavy (non-hydrogen) atoms. The third-order valence-corrected chi connectivity index (χ3v) is 4.61. The first-order chi connectivity index (χ1) is 12.7. The van der Waals surface area contributed by atoms with E-state index in [0.29, 0.717) is 16.1 Å². The van der Waals surface area contributed by atoms with Gasteiger partial charge in [-0.15, -0.1) is 11.3 Å². The Morgan fingerprint density at radius 2 is 1.89 bits per heavy atom. The molecular formula is C19H20N2O5S. The van der Waals surface area contributed by atoms with E-state index in [0.717, 1.165) is 10.5 Å². The van der Waals surface area contributed by atoms with Crippen LogP contribution in [0.5, 0.6) is 0 Å². The van der Waals surface area contributed by atoms with E-state index in [2.05, 4.69) is 5.32 Å². The number of ether oxygens (including phenoxy) is 1. The monoisotopic (exact) mass is 388 g/mol. The Hall–Kier alpha value is -3.00. The molecule has 1 aromatic heterocycles. The summed E-state index contributed by atoms with van der Waals surface area (Å²) in [6.07, 6.45) is 1.44. The van der Waals surface area contributed by atoms with Crippen LogP contribution in [0, 0.1) is 17.0 Å². The number of nitro benzene ring substituents is 1. The number of carbonyl (C=O) groups excluding carboxylic acids is 2. The minimum atomic E-state index is -0.553. The van der Waals surface area contributed by atoms with Crippen LogP contribution in [0.3, 0.4) is 0 Å². The van der Waals surface area contributed by atoms with Crippen LogP contribution in [-0.4, -0.2) is 23.4 Å². The van der Waals surface area contributed by atoms with Crippen LogP contribution in [0.4, 0.5) is 10.7 Å². The quantitative estimate of drug-likeness (QED) is 0.334. The number of allylic oxidation sites excluding steroid dienone is 1. The van der Waals surface area contributed by atoms with Crippen LogP contribution in [0.1, 0.15) is 36.0 Å². The fourth-order valence-electron chi connectivity index (χ4n) is 2.54. The van der Waals surface area contributed by atoms with Gasteiger partial charge in [0, 0.05) is 28.6 Å². The van der Waals surface area contributed by atoms with Crippen LogP contribution in [0.15, 0.2) is 35.9 Å². The molecule has 2 aromatic rings. The van der Waals surface area contributed by atoms with Crippen molar-refractivity contribution >= 4 is 33.9 Å². The number of hydrogen-bond donors (Lipinski definition) is 1.